The van der Waals surface area contributed by atoms with E-state index in [9.17, 15) is 9.59 Å². The zero-order valence-corrected chi connectivity index (χ0v) is 17.7. The van der Waals surface area contributed by atoms with Gasteiger partial charge in [0.2, 0.25) is 5.91 Å². The fraction of sp³-hybridized carbons (Fsp3) is 0.440. The van der Waals surface area contributed by atoms with Gasteiger partial charge >= 0.3 is 0 Å². The zero-order valence-electron chi connectivity index (χ0n) is 17.7. The van der Waals surface area contributed by atoms with Crippen LogP contribution in [0, 0.1) is 5.41 Å². The standard InChI is InChI=1S/C25H28N2O3/c1-25(2)15-21-24(22(28)16-25)20(14-23(29)27(21)26-10-12-30-13-11-26)19-9-5-7-17-6-3-4-8-18(17)19/h3-9,20H,10-16H2,1-2H3. The SMILES string of the molecule is CC1(C)CC(=O)C2=C(C1)N(N1CCOCC1)C(=O)CC2c1cccc2ccccc12. The van der Waals surface area contributed by atoms with Crippen LogP contribution in [0.4, 0.5) is 0 Å². The molecule has 1 fully saturated rings. The molecule has 5 nitrogen and oxygen atoms in total. The smallest absolute Gasteiger partial charge is 0.242 e. The fourth-order valence-electron chi connectivity index (χ4n) is 5.30. The Balaban J connectivity index is 1.68. The number of hydrazine groups is 1. The summed E-state index contributed by atoms with van der Waals surface area (Å²) in [5.74, 6) is 0.0866. The maximum Gasteiger partial charge on any atom is 0.242 e. The summed E-state index contributed by atoms with van der Waals surface area (Å²) < 4.78 is 5.50. The molecule has 156 valence electrons. The predicted molar refractivity (Wildman–Crippen MR) is 116 cm³/mol. The molecule has 5 rings (SSSR count). The molecule has 1 atom stereocenters. The summed E-state index contributed by atoms with van der Waals surface area (Å²) in [6.45, 7) is 6.81. The van der Waals surface area contributed by atoms with Crippen molar-refractivity contribution >= 4 is 22.5 Å². The third-order valence-corrected chi connectivity index (χ3v) is 6.58. The van der Waals surface area contributed by atoms with E-state index in [0.717, 1.165) is 34.0 Å². The highest BCUT2D eigenvalue weighted by atomic mass is 16.5. The Labute approximate surface area is 177 Å². The van der Waals surface area contributed by atoms with E-state index in [1.807, 2.05) is 23.2 Å². The number of allylic oxidation sites excluding steroid dienone is 2. The van der Waals surface area contributed by atoms with Crippen molar-refractivity contribution in [2.75, 3.05) is 26.3 Å². The first kappa shape index (κ1) is 19.5. The van der Waals surface area contributed by atoms with Gasteiger partial charge in [-0.15, -0.1) is 0 Å². The second-order valence-corrected chi connectivity index (χ2v) is 9.40. The van der Waals surface area contributed by atoms with E-state index >= 15 is 0 Å². The number of carbonyl (C=O) groups is 2. The van der Waals surface area contributed by atoms with Crippen molar-refractivity contribution in [1.29, 1.82) is 0 Å². The highest BCUT2D eigenvalue weighted by Gasteiger charge is 2.45. The molecule has 2 aromatic carbocycles. The minimum atomic E-state index is -0.181. The van der Waals surface area contributed by atoms with Crippen LogP contribution in [-0.4, -0.2) is 48.0 Å². The van der Waals surface area contributed by atoms with Crippen LogP contribution in [0.3, 0.4) is 0 Å². The van der Waals surface area contributed by atoms with Gasteiger partial charge < -0.3 is 4.74 Å². The molecule has 2 aliphatic heterocycles. The maximum absolute atomic E-state index is 13.5. The van der Waals surface area contributed by atoms with Crippen LogP contribution in [-0.2, 0) is 14.3 Å². The molecule has 3 aliphatic rings. The monoisotopic (exact) mass is 404 g/mol. The van der Waals surface area contributed by atoms with Gasteiger partial charge in [-0.1, -0.05) is 56.3 Å². The first-order chi connectivity index (χ1) is 14.4. The number of carbonyl (C=O) groups excluding carboxylic acids is 2. The van der Waals surface area contributed by atoms with Gasteiger partial charge in [-0.2, -0.15) is 0 Å². The molecular formula is C25H28N2O3. The summed E-state index contributed by atoms with van der Waals surface area (Å²) >= 11 is 0. The Kier molecular flexibility index (Phi) is 4.75. The fourth-order valence-corrected chi connectivity index (χ4v) is 5.30. The van der Waals surface area contributed by atoms with E-state index in [0.29, 0.717) is 39.1 Å². The van der Waals surface area contributed by atoms with Crippen molar-refractivity contribution in [3.05, 3.63) is 59.3 Å². The van der Waals surface area contributed by atoms with E-state index in [4.69, 9.17) is 4.74 Å². The number of morpholine rings is 1. The van der Waals surface area contributed by atoms with Crippen LogP contribution in [0.1, 0.15) is 44.6 Å². The summed E-state index contributed by atoms with van der Waals surface area (Å²) in [4.78, 5) is 26.9. The van der Waals surface area contributed by atoms with Crippen LogP contribution in [0.5, 0.6) is 0 Å². The molecule has 0 bridgehead atoms. The Hall–Kier alpha value is -2.50. The number of Topliss-reactive ketones (excluding diaryl/α,β-unsaturated/α-hetero) is 1. The van der Waals surface area contributed by atoms with Crippen LogP contribution < -0.4 is 0 Å². The Morgan fingerprint density at radius 3 is 2.50 bits per heavy atom. The van der Waals surface area contributed by atoms with Crippen molar-refractivity contribution in [3.63, 3.8) is 0 Å². The van der Waals surface area contributed by atoms with Crippen molar-refractivity contribution < 1.29 is 14.3 Å². The number of ether oxygens (including phenoxy) is 1. The van der Waals surface area contributed by atoms with Gasteiger partial charge in [0.15, 0.2) is 5.78 Å². The van der Waals surface area contributed by atoms with Crippen molar-refractivity contribution in [2.24, 2.45) is 5.41 Å². The molecule has 30 heavy (non-hydrogen) atoms. The Morgan fingerprint density at radius 1 is 0.967 bits per heavy atom. The Bertz CT molecular complexity index is 1040. The lowest BCUT2D eigenvalue weighted by molar-refractivity contribution is -0.154. The average molecular weight is 405 g/mol. The number of ketones is 1. The van der Waals surface area contributed by atoms with Gasteiger partial charge in [-0.25, -0.2) is 10.0 Å². The quantitative estimate of drug-likeness (QED) is 0.758. The van der Waals surface area contributed by atoms with Crippen molar-refractivity contribution in [2.45, 2.75) is 39.0 Å². The molecule has 1 unspecified atom stereocenters. The summed E-state index contributed by atoms with van der Waals surface area (Å²) in [6, 6.07) is 14.4. The van der Waals surface area contributed by atoms with E-state index in [2.05, 4.69) is 43.1 Å². The lowest BCUT2D eigenvalue weighted by atomic mass is 9.69. The van der Waals surface area contributed by atoms with Crippen LogP contribution in [0.15, 0.2) is 53.7 Å². The van der Waals surface area contributed by atoms with Crippen LogP contribution in [0.25, 0.3) is 10.8 Å². The first-order valence-electron chi connectivity index (χ1n) is 10.8. The molecular weight excluding hydrogens is 376 g/mol. The number of fused-ring (bicyclic) bond motifs is 1. The molecule has 2 aromatic rings. The second kappa shape index (κ2) is 7.33. The van der Waals surface area contributed by atoms with E-state index in [1.165, 1.54) is 0 Å². The van der Waals surface area contributed by atoms with Gasteiger partial charge in [0, 0.05) is 43.1 Å². The average Bonchev–Trinajstić information content (AvgIpc) is 2.72. The number of amides is 1. The summed E-state index contributed by atoms with van der Waals surface area (Å²) in [7, 11) is 0. The Morgan fingerprint density at radius 2 is 1.70 bits per heavy atom. The number of hydrogen-bond donors (Lipinski definition) is 0. The van der Waals surface area contributed by atoms with Crippen molar-refractivity contribution in [3.8, 4) is 0 Å². The molecule has 0 saturated carbocycles. The molecule has 0 N–H and O–H groups in total. The predicted octanol–water partition coefficient (Wildman–Crippen LogP) is 4.05. The summed E-state index contributed by atoms with van der Waals surface area (Å²) in [6.07, 6.45) is 1.59. The molecule has 1 saturated heterocycles. The summed E-state index contributed by atoms with van der Waals surface area (Å²) in [5.41, 5.74) is 2.69. The van der Waals surface area contributed by atoms with Gasteiger partial charge in [-0.3, -0.25) is 9.59 Å². The lowest BCUT2D eigenvalue weighted by Crippen LogP contribution is -2.55. The molecule has 0 radical (unpaired) electrons. The van der Waals surface area contributed by atoms with Gasteiger partial charge in [0.25, 0.3) is 0 Å². The normalized spacial score (nSPS) is 25.0. The molecule has 1 amide bonds. The molecule has 1 aliphatic carbocycles. The van der Waals surface area contributed by atoms with Gasteiger partial charge in [0.05, 0.1) is 13.2 Å². The minimum Gasteiger partial charge on any atom is -0.379 e. The number of rotatable bonds is 2. The topological polar surface area (TPSA) is 49.9 Å². The highest BCUT2D eigenvalue weighted by molar-refractivity contribution is 6.03. The number of benzene rings is 2. The second-order valence-electron chi connectivity index (χ2n) is 9.40. The van der Waals surface area contributed by atoms with Crippen LogP contribution in [0.2, 0.25) is 0 Å². The molecule has 5 heteroatoms. The van der Waals surface area contributed by atoms with E-state index < -0.39 is 0 Å². The van der Waals surface area contributed by atoms with Gasteiger partial charge in [-0.05, 0) is 28.2 Å². The van der Waals surface area contributed by atoms with E-state index in [1.54, 1.807) is 0 Å². The third kappa shape index (κ3) is 3.26. The molecule has 0 spiro atoms. The third-order valence-electron chi connectivity index (χ3n) is 6.58. The van der Waals surface area contributed by atoms with Gasteiger partial charge in [0.1, 0.15) is 0 Å². The van der Waals surface area contributed by atoms with E-state index in [-0.39, 0.29) is 23.0 Å². The lowest BCUT2D eigenvalue weighted by Gasteiger charge is -2.47. The molecule has 2 heterocycles. The first-order valence-corrected chi connectivity index (χ1v) is 10.8. The van der Waals surface area contributed by atoms with Crippen LogP contribution >= 0.6 is 0 Å². The number of nitrogens with zero attached hydrogens (tertiary/aromatic N) is 2. The maximum atomic E-state index is 13.5. The minimum absolute atomic E-state index is 0.0825. The molecule has 0 aromatic heterocycles. The highest BCUT2D eigenvalue weighted by Crippen LogP contribution is 2.48. The van der Waals surface area contributed by atoms with Crippen molar-refractivity contribution in [1.82, 2.24) is 10.0 Å². The largest absolute Gasteiger partial charge is 0.379 e. The summed E-state index contributed by atoms with van der Waals surface area (Å²) in [5, 5.41) is 6.18. The number of hydrogen-bond acceptors (Lipinski definition) is 4. The zero-order chi connectivity index (χ0) is 20.9.